The van der Waals surface area contributed by atoms with Crippen LogP contribution in [0.1, 0.15) is 12.8 Å². The number of anilines is 1. The van der Waals surface area contributed by atoms with Gasteiger partial charge < -0.3 is 10.1 Å². The fourth-order valence-corrected chi connectivity index (χ4v) is 5.68. The SMILES string of the molecule is COc1ccc(S(=O)(=O)N(C)C)cc1NC(=O)CCCSc1nc2ccccc2s1. The first-order valence-electron chi connectivity index (χ1n) is 9.20. The molecule has 0 saturated heterocycles. The number of hydrogen-bond acceptors (Lipinski definition) is 7. The Morgan fingerprint density at radius 2 is 2.00 bits per heavy atom. The zero-order valence-corrected chi connectivity index (χ0v) is 19.4. The van der Waals surface area contributed by atoms with Crippen molar-refractivity contribution >= 4 is 54.9 Å². The summed E-state index contributed by atoms with van der Waals surface area (Å²) in [6, 6.07) is 12.4. The second-order valence-corrected chi connectivity index (χ2v) is 11.1. The maximum Gasteiger partial charge on any atom is 0.242 e. The minimum Gasteiger partial charge on any atom is -0.495 e. The molecule has 0 aliphatic carbocycles. The Bertz CT molecular complexity index is 1110. The lowest BCUT2D eigenvalue weighted by Crippen LogP contribution is -2.22. The average Bonchev–Trinajstić information content (AvgIpc) is 3.14. The molecule has 10 heteroatoms. The van der Waals surface area contributed by atoms with E-state index in [1.807, 2.05) is 24.3 Å². The Morgan fingerprint density at radius 3 is 2.70 bits per heavy atom. The Hall–Kier alpha value is -2.14. The standard InChI is InChI=1S/C20H23N3O4S3/c1-23(2)30(25,26)14-10-11-17(27-3)16(13-14)21-19(24)9-6-12-28-20-22-15-7-4-5-8-18(15)29-20/h4-5,7-8,10-11,13H,6,9,12H2,1-3H3,(H,21,24). The van der Waals surface area contributed by atoms with Gasteiger partial charge in [-0.1, -0.05) is 23.9 Å². The average molecular weight is 466 g/mol. The van der Waals surface area contributed by atoms with Crippen molar-refractivity contribution in [2.24, 2.45) is 0 Å². The summed E-state index contributed by atoms with van der Waals surface area (Å²) in [5.74, 6) is 0.974. The van der Waals surface area contributed by atoms with E-state index in [9.17, 15) is 13.2 Å². The van der Waals surface area contributed by atoms with Gasteiger partial charge in [0.1, 0.15) is 5.75 Å². The smallest absolute Gasteiger partial charge is 0.242 e. The van der Waals surface area contributed by atoms with Crippen LogP contribution >= 0.6 is 23.1 Å². The second-order valence-electron chi connectivity index (χ2n) is 6.60. The quantitative estimate of drug-likeness (QED) is 0.379. The molecule has 1 aromatic heterocycles. The number of amides is 1. The molecule has 0 radical (unpaired) electrons. The normalized spacial score (nSPS) is 11.7. The van der Waals surface area contributed by atoms with Crippen molar-refractivity contribution in [2.75, 3.05) is 32.3 Å². The number of nitrogens with one attached hydrogen (secondary N) is 1. The molecule has 1 N–H and O–H groups in total. The summed E-state index contributed by atoms with van der Waals surface area (Å²) in [6.45, 7) is 0. The maximum absolute atomic E-state index is 12.4. The van der Waals surface area contributed by atoms with E-state index in [0.29, 0.717) is 24.3 Å². The lowest BCUT2D eigenvalue weighted by Gasteiger charge is -2.15. The van der Waals surface area contributed by atoms with E-state index >= 15 is 0 Å². The van der Waals surface area contributed by atoms with E-state index in [4.69, 9.17) is 4.74 Å². The summed E-state index contributed by atoms with van der Waals surface area (Å²) in [4.78, 5) is 17.0. The summed E-state index contributed by atoms with van der Waals surface area (Å²) in [6.07, 6.45) is 0.982. The molecule has 0 aliphatic heterocycles. The molecule has 1 amide bonds. The van der Waals surface area contributed by atoms with E-state index in [2.05, 4.69) is 10.3 Å². The number of sulfonamides is 1. The summed E-state index contributed by atoms with van der Waals surface area (Å²) < 4.78 is 33.2. The molecular formula is C20H23N3O4S3. The molecule has 3 aromatic rings. The Kier molecular flexibility index (Phi) is 7.35. The van der Waals surface area contributed by atoms with Crippen molar-refractivity contribution in [1.29, 1.82) is 0 Å². The number of carbonyl (C=O) groups excluding carboxylic acids is 1. The number of carbonyl (C=O) groups is 1. The van der Waals surface area contributed by atoms with Crippen LogP contribution in [0, 0.1) is 0 Å². The van der Waals surface area contributed by atoms with Gasteiger partial charge in [-0.3, -0.25) is 4.79 Å². The number of thiazole rings is 1. The van der Waals surface area contributed by atoms with Crippen molar-refractivity contribution in [3.8, 4) is 5.75 Å². The summed E-state index contributed by atoms with van der Waals surface area (Å²) >= 11 is 3.27. The Balaban J connectivity index is 1.57. The molecular weight excluding hydrogens is 442 g/mol. The molecule has 1 heterocycles. The number of methoxy groups -OCH3 is 1. The number of hydrogen-bond donors (Lipinski definition) is 1. The van der Waals surface area contributed by atoms with Gasteiger partial charge in [0.25, 0.3) is 0 Å². The Morgan fingerprint density at radius 1 is 1.23 bits per heavy atom. The zero-order chi connectivity index (χ0) is 21.7. The second kappa shape index (κ2) is 9.78. The zero-order valence-electron chi connectivity index (χ0n) is 16.9. The molecule has 0 aliphatic rings. The minimum atomic E-state index is -3.61. The molecule has 0 fully saturated rings. The molecule has 0 spiro atoms. The van der Waals surface area contributed by atoms with Gasteiger partial charge in [0.05, 0.1) is 27.9 Å². The number of fused-ring (bicyclic) bond motifs is 1. The lowest BCUT2D eigenvalue weighted by molar-refractivity contribution is -0.116. The van der Waals surface area contributed by atoms with Gasteiger partial charge in [-0.15, -0.1) is 11.3 Å². The first kappa shape index (κ1) is 22.5. The molecule has 3 rings (SSSR count). The summed E-state index contributed by atoms with van der Waals surface area (Å²) in [5.41, 5.74) is 1.33. The van der Waals surface area contributed by atoms with E-state index in [1.54, 1.807) is 23.1 Å². The molecule has 0 saturated carbocycles. The molecule has 0 bridgehead atoms. The largest absolute Gasteiger partial charge is 0.495 e. The van der Waals surface area contributed by atoms with Crippen LogP contribution in [0.15, 0.2) is 51.7 Å². The maximum atomic E-state index is 12.4. The number of aromatic nitrogens is 1. The van der Waals surface area contributed by atoms with Crippen molar-refractivity contribution < 1.29 is 17.9 Å². The first-order chi connectivity index (χ1) is 14.3. The molecule has 7 nitrogen and oxygen atoms in total. The fourth-order valence-electron chi connectivity index (χ4n) is 2.67. The van der Waals surface area contributed by atoms with Crippen LogP contribution < -0.4 is 10.1 Å². The Labute approximate surface area is 184 Å². The lowest BCUT2D eigenvalue weighted by atomic mass is 10.2. The van der Waals surface area contributed by atoms with Gasteiger partial charge in [0.2, 0.25) is 15.9 Å². The van der Waals surface area contributed by atoms with Gasteiger partial charge in [-0.2, -0.15) is 0 Å². The van der Waals surface area contributed by atoms with Crippen molar-refractivity contribution in [2.45, 2.75) is 22.1 Å². The minimum absolute atomic E-state index is 0.0926. The highest BCUT2D eigenvalue weighted by Crippen LogP contribution is 2.31. The predicted molar refractivity (Wildman–Crippen MR) is 122 cm³/mol. The van der Waals surface area contributed by atoms with Crippen LogP contribution in [-0.2, 0) is 14.8 Å². The fraction of sp³-hybridized carbons (Fsp3) is 0.300. The van der Waals surface area contributed by atoms with Gasteiger partial charge in [-0.25, -0.2) is 17.7 Å². The predicted octanol–water partition coefficient (Wildman–Crippen LogP) is 4.07. The number of ether oxygens (including phenoxy) is 1. The van der Waals surface area contributed by atoms with Crippen molar-refractivity contribution in [1.82, 2.24) is 9.29 Å². The highest BCUT2D eigenvalue weighted by atomic mass is 32.2. The summed E-state index contributed by atoms with van der Waals surface area (Å²) in [7, 11) is 0.785. The highest BCUT2D eigenvalue weighted by molar-refractivity contribution is 8.01. The third-order valence-corrected chi connectivity index (χ3v) is 8.35. The summed E-state index contributed by atoms with van der Waals surface area (Å²) in [5, 5.41) is 2.76. The number of nitrogens with zero attached hydrogens (tertiary/aromatic N) is 2. The molecule has 30 heavy (non-hydrogen) atoms. The molecule has 0 unspecified atom stereocenters. The van der Waals surface area contributed by atoms with Gasteiger partial charge >= 0.3 is 0 Å². The van der Waals surface area contributed by atoms with Gasteiger partial charge in [0, 0.05) is 26.3 Å². The molecule has 2 aromatic carbocycles. The number of rotatable bonds is 9. The topological polar surface area (TPSA) is 88.6 Å². The van der Waals surface area contributed by atoms with E-state index in [1.165, 1.54) is 39.4 Å². The monoisotopic (exact) mass is 465 g/mol. The van der Waals surface area contributed by atoms with Gasteiger partial charge in [0.15, 0.2) is 4.34 Å². The van der Waals surface area contributed by atoms with Crippen molar-refractivity contribution in [3.05, 3.63) is 42.5 Å². The van der Waals surface area contributed by atoms with Crippen LogP contribution in [0.4, 0.5) is 5.69 Å². The third kappa shape index (κ3) is 5.31. The van der Waals surface area contributed by atoms with Crippen LogP contribution in [0.3, 0.4) is 0 Å². The number of para-hydroxylation sites is 1. The molecule has 0 atom stereocenters. The first-order valence-corrected chi connectivity index (χ1v) is 12.4. The number of benzene rings is 2. The van der Waals surface area contributed by atoms with Crippen LogP contribution in [0.2, 0.25) is 0 Å². The van der Waals surface area contributed by atoms with Crippen LogP contribution in [0.5, 0.6) is 5.75 Å². The van der Waals surface area contributed by atoms with E-state index in [0.717, 1.165) is 24.6 Å². The van der Waals surface area contributed by atoms with Crippen LogP contribution in [-0.4, -0.2) is 50.6 Å². The highest BCUT2D eigenvalue weighted by Gasteiger charge is 2.19. The van der Waals surface area contributed by atoms with E-state index in [-0.39, 0.29) is 10.8 Å². The van der Waals surface area contributed by atoms with Gasteiger partial charge in [-0.05, 0) is 36.8 Å². The van der Waals surface area contributed by atoms with Crippen molar-refractivity contribution in [3.63, 3.8) is 0 Å². The third-order valence-electron chi connectivity index (χ3n) is 4.27. The number of thioether (sulfide) groups is 1. The van der Waals surface area contributed by atoms with E-state index < -0.39 is 10.0 Å². The van der Waals surface area contributed by atoms with Crippen LogP contribution in [0.25, 0.3) is 10.2 Å². The molecule has 160 valence electrons.